The molecule has 0 spiro atoms. The maximum Gasteiger partial charge on any atom is 0.253 e. The number of ether oxygens (including phenoxy) is 1. The van der Waals surface area contributed by atoms with E-state index in [0.717, 1.165) is 24.2 Å². The number of hydrogen-bond donors (Lipinski definition) is 0. The Labute approximate surface area is 161 Å². The van der Waals surface area contributed by atoms with Gasteiger partial charge in [0.05, 0.1) is 13.0 Å². The predicted molar refractivity (Wildman–Crippen MR) is 101 cm³/mol. The van der Waals surface area contributed by atoms with Gasteiger partial charge in [-0.25, -0.2) is 4.39 Å². The van der Waals surface area contributed by atoms with Gasteiger partial charge in [-0.3, -0.25) is 4.79 Å². The fourth-order valence-electron chi connectivity index (χ4n) is 3.40. The van der Waals surface area contributed by atoms with Gasteiger partial charge in [-0.15, -0.1) is 0 Å². The molecule has 2 heterocycles. The molecule has 1 aromatic heterocycles. The number of halogens is 1. The van der Waals surface area contributed by atoms with Crippen LogP contribution in [0, 0.1) is 5.82 Å². The first-order chi connectivity index (χ1) is 13.6. The molecule has 0 unspecified atom stereocenters. The lowest BCUT2D eigenvalue weighted by Gasteiger charge is -2.31. The summed E-state index contributed by atoms with van der Waals surface area (Å²) in [4.78, 5) is 19.0. The van der Waals surface area contributed by atoms with Crippen molar-refractivity contribution in [3.05, 3.63) is 65.8 Å². The van der Waals surface area contributed by atoms with Crippen LogP contribution in [0.1, 0.15) is 35.0 Å². The molecule has 2 aromatic carbocycles. The minimum absolute atomic E-state index is 0.0161. The van der Waals surface area contributed by atoms with Crippen molar-refractivity contribution in [3.63, 3.8) is 0 Å². The van der Waals surface area contributed by atoms with Crippen molar-refractivity contribution in [2.45, 2.75) is 18.8 Å². The molecule has 7 heteroatoms. The lowest BCUT2D eigenvalue weighted by atomic mass is 9.97. The largest absolute Gasteiger partial charge is 0.497 e. The van der Waals surface area contributed by atoms with E-state index in [4.69, 9.17) is 9.26 Å². The summed E-state index contributed by atoms with van der Waals surface area (Å²) < 4.78 is 23.7. The van der Waals surface area contributed by atoms with E-state index in [-0.39, 0.29) is 17.6 Å². The van der Waals surface area contributed by atoms with Crippen molar-refractivity contribution in [1.82, 2.24) is 15.0 Å². The number of benzene rings is 2. The first-order valence-electron chi connectivity index (χ1n) is 9.17. The van der Waals surface area contributed by atoms with E-state index in [2.05, 4.69) is 10.1 Å². The normalized spacial score (nSPS) is 16.8. The third-order valence-corrected chi connectivity index (χ3v) is 4.94. The molecule has 144 valence electrons. The number of hydrogen-bond acceptors (Lipinski definition) is 5. The summed E-state index contributed by atoms with van der Waals surface area (Å²) in [5.74, 6) is 1.32. The molecule has 0 N–H and O–H groups in total. The number of carbonyl (C=O) groups is 1. The average molecular weight is 381 g/mol. The third-order valence-electron chi connectivity index (χ3n) is 4.94. The molecule has 1 amide bonds. The van der Waals surface area contributed by atoms with Crippen molar-refractivity contribution >= 4 is 5.91 Å². The van der Waals surface area contributed by atoms with Crippen LogP contribution in [0.4, 0.5) is 4.39 Å². The SMILES string of the molecule is COc1ccc(-c2noc([C@H]3CCCN(C(=O)c4ccc(F)cc4)C3)n2)cc1. The van der Waals surface area contributed by atoms with E-state index in [1.165, 1.54) is 24.3 Å². The van der Waals surface area contributed by atoms with E-state index in [1.54, 1.807) is 12.0 Å². The fourth-order valence-corrected chi connectivity index (χ4v) is 3.40. The second-order valence-corrected chi connectivity index (χ2v) is 6.78. The summed E-state index contributed by atoms with van der Waals surface area (Å²) >= 11 is 0. The molecule has 0 saturated carbocycles. The lowest BCUT2D eigenvalue weighted by Crippen LogP contribution is -2.39. The van der Waals surface area contributed by atoms with Gasteiger partial charge in [0.15, 0.2) is 0 Å². The van der Waals surface area contributed by atoms with Crippen LogP contribution in [0.15, 0.2) is 53.1 Å². The molecular weight excluding hydrogens is 361 g/mol. The number of amides is 1. The van der Waals surface area contributed by atoms with E-state index < -0.39 is 0 Å². The molecule has 3 aromatic rings. The number of piperidine rings is 1. The Bertz CT molecular complexity index is 954. The number of nitrogens with zero attached hydrogens (tertiary/aromatic N) is 3. The first kappa shape index (κ1) is 18.2. The molecule has 1 fully saturated rings. The Morgan fingerprint density at radius 2 is 1.93 bits per heavy atom. The van der Waals surface area contributed by atoms with Crippen LogP contribution in [0.3, 0.4) is 0 Å². The zero-order chi connectivity index (χ0) is 19.5. The highest BCUT2D eigenvalue weighted by Gasteiger charge is 2.29. The highest BCUT2D eigenvalue weighted by molar-refractivity contribution is 5.94. The minimum atomic E-state index is -0.356. The molecule has 0 radical (unpaired) electrons. The zero-order valence-corrected chi connectivity index (χ0v) is 15.5. The molecule has 1 saturated heterocycles. The summed E-state index contributed by atoms with van der Waals surface area (Å²) in [6.07, 6.45) is 1.72. The molecule has 6 nitrogen and oxygen atoms in total. The van der Waals surface area contributed by atoms with Crippen LogP contribution in [0.5, 0.6) is 5.75 Å². The molecule has 0 aliphatic carbocycles. The maximum atomic E-state index is 13.1. The fraction of sp³-hybridized carbons (Fsp3) is 0.286. The molecule has 1 aliphatic heterocycles. The van der Waals surface area contributed by atoms with Crippen molar-refractivity contribution in [1.29, 1.82) is 0 Å². The topological polar surface area (TPSA) is 68.5 Å². The van der Waals surface area contributed by atoms with Crippen LogP contribution in [-0.4, -0.2) is 41.1 Å². The number of aromatic nitrogens is 2. The van der Waals surface area contributed by atoms with Crippen molar-refractivity contribution < 1.29 is 18.4 Å². The first-order valence-corrected chi connectivity index (χ1v) is 9.17. The van der Waals surface area contributed by atoms with Gasteiger partial charge < -0.3 is 14.2 Å². The monoisotopic (exact) mass is 381 g/mol. The number of carbonyl (C=O) groups excluding carboxylic acids is 1. The van der Waals surface area contributed by atoms with E-state index in [1.807, 2.05) is 24.3 Å². The second kappa shape index (κ2) is 7.80. The molecular formula is C21H20FN3O3. The summed E-state index contributed by atoms with van der Waals surface area (Å²) in [5.41, 5.74) is 1.32. The van der Waals surface area contributed by atoms with Crippen LogP contribution < -0.4 is 4.74 Å². The van der Waals surface area contributed by atoms with Gasteiger partial charge >= 0.3 is 0 Å². The highest BCUT2D eigenvalue weighted by Crippen LogP contribution is 2.29. The van der Waals surface area contributed by atoms with Gasteiger partial charge in [0.25, 0.3) is 5.91 Å². The zero-order valence-electron chi connectivity index (χ0n) is 15.5. The van der Waals surface area contributed by atoms with E-state index in [0.29, 0.717) is 30.4 Å². The van der Waals surface area contributed by atoms with E-state index in [9.17, 15) is 9.18 Å². The third kappa shape index (κ3) is 3.74. The van der Waals surface area contributed by atoms with Crippen molar-refractivity contribution in [3.8, 4) is 17.1 Å². The Hall–Kier alpha value is -3.22. The lowest BCUT2D eigenvalue weighted by molar-refractivity contribution is 0.0695. The molecule has 0 bridgehead atoms. The van der Waals surface area contributed by atoms with Crippen molar-refractivity contribution in [2.75, 3.05) is 20.2 Å². The summed E-state index contributed by atoms with van der Waals surface area (Å²) in [7, 11) is 1.61. The van der Waals surface area contributed by atoms with Crippen LogP contribution in [-0.2, 0) is 0 Å². The smallest absolute Gasteiger partial charge is 0.253 e. The van der Waals surface area contributed by atoms with Gasteiger partial charge in [-0.2, -0.15) is 4.98 Å². The summed E-state index contributed by atoms with van der Waals surface area (Å²) in [5, 5.41) is 4.08. The maximum absolute atomic E-state index is 13.1. The molecule has 1 aliphatic rings. The van der Waals surface area contributed by atoms with Gasteiger partial charge in [0, 0.05) is 24.2 Å². The van der Waals surface area contributed by atoms with Gasteiger partial charge in [-0.05, 0) is 61.4 Å². The average Bonchev–Trinajstić information content (AvgIpc) is 3.24. The number of methoxy groups -OCH3 is 1. The van der Waals surface area contributed by atoms with Gasteiger partial charge in [0.2, 0.25) is 11.7 Å². The van der Waals surface area contributed by atoms with Gasteiger partial charge in [-0.1, -0.05) is 5.16 Å². The Balaban J connectivity index is 1.48. The summed E-state index contributed by atoms with van der Waals surface area (Å²) in [6.45, 7) is 1.16. The van der Waals surface area contributed by atoms with E-state index >= 15 is 0 Å². The number of likely N-dealkylation sites (tertiary alicyclic amines) is 1. The van der Waals surface area contributed by atoms with Crippen LogP contribution >= 0.6 is 0 Å². The Kier molecular flexibility index (Phi) is 5.06. The summed E-state index contributed by atoms with van der Waals surface area (Å²) in [6, 6.07) is 13.1. The van der Waals surface area contributed by atoms with Crippen molar-refractivity contribution in [2.24, 2.45) is 0 Å². The Morgan fingerprint density at radius 3 is 2.64 bits per heavy atom. The Morgan fingerprint density at radius 1 is 1.18 bits per heavy atom. The van der Waals surface area contributed by atoms with Crippen LogP contribution in [0.2, 0.25) is 0 Å². The quantitative estimate of drug-likeness (QED) is 0.686. The minimum Gasteiger partial charge on any atom is -0.497 e. The molecule has 1 atom stereocenters. The standard InChI is InChI=1S/C21H20FN3O3/c1-27-18-10-6-14(7-11-18)19-23-20(28-24-19)16-3-2-12-25(13-16)21(26)15-4-8-17(22)9-5-15/h4-11,16H,2-3,12-13H2,1H3/t16-/m0/s1. The predicted octanol–water partition coefficient (Wildman–Crippen LogP) is 3.90. The molecule has 4 rings (SSSR count). The van der Waals surface area contributed by atoms with Gasteiger partial charge in [0.1, 0.15) is 11.6 Å². The molecule has 28 heavy (non-hydrogen) atoms. The van der Waals surface area contributed by atoms with Crippen LogP contribution in [0.25, 0.3) is 11.4 Å². The highest BCUT2D eigenvalue weighted by atomic mass is 19.1. The number of rotatable bonds is 4. The second-order valence-electron chi connectivity index (χ2n) is 6.78.